The summed E-state index contributed by atoms with van der Waals surface area (Å²) in [6, 6.07) is 13.9. The number of carbonyl (C=O) groups is 3. The van der Waals surface area contributed by atoms with Gasteiger partial charge in [0.25, 0.3) is 5.91 Å². The number of carboxylic acids is 1. The van der Waals surface area contributed by atoms with Gasteiger partial charge in [-0.3, -0.25) is 9.59 Å². The molecule has 0 bridgehead atoms. The van der Waals surface area contributed by atoms with Crippen LogP contribution in [0.1, 0.15) is 39.5 Å². The minimum Gasteiger partial charge on any atom is -0.478 e. The van der Waals surface area contributed by atoms with Gasteiger partial charge in [0, 0.05) is 48.7 Å². The van der Waals surface area contributed by atoms with E-state index in [-0.39, 0.29) is 28.4 Å². The highest BCUT2D eigenvalue weighted by molar-refractivity contribution is 6.31. The molecule has 0 unspecified atom stereocenters. The average Bonchev–Trinajstić information content (AvgIpc) is 3.78. The number of hydrogen-bond acceptors (Lipinski definition) is 8. The maximum atomic E-state index is 15.2. The van der Waals surface area contributed by atoms with Crippen LogP contribution in [0.4, 0.5) is 15.8 Å². The highest BCUT2D eigenvalue weighted by Gasteiger charge is 2.38. The molecule has 2 aliphatic heterocycles. The van der Waals surface area contributed by atoms with Gasteiger partial charge >= 0.3 is 5.97 Å². The third-order valence-electron chi connectivity index (χ3n) is 8.66. The van der Waals surface area contributed by atoms with E-state index in [0.717, 1.165) is 30.8 Å². The summed E-state index contributed by atoms with van der Waals surface area (Å²) in [4.78, 5) is 45.3. The summed E-state index contributed by atoms with van der Waals surface area (Å²) < 4.78 is 16.5. The van der Waals surface area contributed by atoms with Gasteiger partial charge in [-0.05, 0) is 97.0 Å². The Bertz CT molecular complexity index is 1850. The van der Waals surface area contributed by atoms with Gasteiger partial charge in [-0.15, -0.1) is 5.10 Å². The Labute approximate surface area is 275 Å². The van der Waals surface area contributed by atoms with Crippen molar-refractivity contribution in [2.75, 3.05) is 43.9 Å². The number of aromatic nitrogens is 4. The van der Waals surface area contributed by atoms with Gasteiger partial charge in [0.15, 0.2) is 5.82 Å². The Morgan fingerprint density at radius 3 is 2.53 bits per heavy atom. The van der Waals surface area contributed by atoms with E-state index in [1.165, 1.54) is 64.5 Å². The van der Waals surface area contributed by atoms with Crippen molar-refractivity contribution in [3.8, 4) is 5.69 Å². The molecule has 6 rings (SSSR count). The smallest absolute Gasteiger partial charge is 0.335 e. The third kappa shape index (κ3) is 6.44. The maximum Gasteiger partial charge on any atom is 0.335 e. The Hall–Kier alpha value is -5.14. The summed E-state index contributed by atoms with van der Waals surface area (Å²) in [5, 5.41) is 23.0. The van der Waals surface area contributed by atoms with Crippen LogP contribution in [0.15, 0.2) is 67.0 Å². The first-order valence-corrected chi connectivity index (χ1v) is 15.4. The van der Waals surface area contributed by atoms with Crippen LogP contribution < -0.4 is 10.2 Å². The molecule has 3 heterocycles. The average molecular weight is 659 g/mol. The molecule has 0 radical (unpaired) electrons. The fourth-order valence-corrected chi connectivity index (χ4v) is 6.36. The van der Waals surface area contributed by atoms with Crippen LogP contribution >= 0.6 is 11.6 Å². The number of anilines is 2. The summed E-state index contributed by atoms with van der Waals surface area (Å²) in [5.41, 5.74) is 3.44. The standard InChI is InChI=1S/C33H32ClFN8O4/c1-40(2)22-14-16-41(18-22)27-5-3-4-24-23(27)15-17-42(31(24)32(45)37-21-8-6-20(7-9-21)33(46)47)29(44)13-10-25-28(43-19-36-38-39-43)12-11-26(34)30(25)35/h3-13,19,22,31H,14-18H2,1-2H3,(H,37,45)(H,46,47)/b13-10+/t22-,31+/m1/s1. The van der Waals surface area contributed by atoms with Gasteiger partial charge in [0.1, 0.15) is 12.4 Å². The number of carboxylic acid groups (broad SMARTS) is 1. The predicted octanol–water partition coefficient (Wildman–Crippen LogP) is 4.07. The summed E-state index contributed by atoms with van der Waals surface area (Å²) in [5.74, 6) is -2.82. The Morgan fingerprint density at radius 2 is 1.85 bits per heavy atom. The van der Waals surface area contributed by atoms with Gasteiger partial charge in [-0.25, -0.2) is 9.18 Å². The van der Waals surface area contributed by atoms with Crippen LogP contribution in [0.2, 0.25) is 5.02 Å². The SMILES string of the molecule is CN(C)[C@@H]1CCN(c2cccc3c2CCN(C(=O)/C=C/c2c(-n4cnnn4)ccc(Cl)c2F)[C@@H]3C(=O)Nc2ccc(C(=O)O)cc2)C1. The summed E-state index contributed by atoms with van der Waals surface area (Å²) in [7, 11) is 4.13. The van der Waals surface area contributed by atoms with Crippen molar-refractivity contribution in [2.24, 2.45) is 0 Å². The van der Waals surface area contributed by atoms with Crippen molar-refractivity contribution < 1.29 is 23.9 Å². The molecule has 14 heteroatoms. The van der Waals surface area contributed by atoms with Crippen LogP contribution in [-0.2, 0) is 16.0 Å². The van der Waals surface area contributed by atoms with Gasteiger partial charge < -0.3 is 25.1 Å². The molecule has 1 saturated heterocycles. The zero-order valence-electron chi connectivity index (χ0n) is 25.7. The van der Waals surface area contributed by atoms with Crippen LogP contribution in [0.3, 0.4) is 0 Å². The fourth-order valence-electron chi connectivity index (χ4n) is 6.19. The number of likely N-dealkylation sites (N-methyl/N-ethyl adjacent to an activating group) is 1. The lowest BCUT2D eigenvalue weighted by Crippen LogP contribution is -2.45. The van der Waals surface area contributed by atoms with E-state index in [0.29, 0.717) is 23.7 Å². The lowest BCUT2D eigenvalue weighted by Gasteiger charge is -2.38. The van der Waals surface area contributed by atoms with E-state index in [1.54, 1.807) is 0 Å². The lowest BCUT2D eigenvalue weighted by molar-refractivity contribution is -0.135. The van der Waals surface area contributed by atoms with Crippen LogP contribution in [0.5, 0.6) is 0 Å². The monoisotopic (exact) mass is 658 g/mol. The predicted molar refractivity (Wildman–Crippen MR) is 174 cm³/mol. The number of amides is 2. The molecule has 1 fully saturated rings. The summed E-state index contributed by atoms with van der Waals surface area (Å²) in [6.45, 7) is 1.94. The summed E-state index contributed by atoms with van der Waals surface area (Å²) in [6.07, 6.45) is 5.33. The molecule has 1 aromatic heterocycles. The molecular formula is C33H32ClFN8O4. The topological polar surface area (TPSA) is 137 Å². The minimum atomic E-state index is -1.09. The van der Waals surface area contributed by atoms with Crippen molar-refractivity contribution in [1.29, 1.82) is 0 Å². The number of nitrogens with zero attached hydrogens (tertiary/aromatic N) is 7. The van der Waals surface area contributed by atoms with E-state index >= 15 is 4.39 Å². The molecule has 2 amide bonds. The normalized spacial score (nSPS) is 17.7. The first-order valence-electron chi connectivity index (χ1n) is 15.0. The van der Waals surface area contributed by atoms with Gasteiger partial charge in [-0.1, -0.05) is 23.7 Å². The van der Waals surface area contributed by atoms with E-state index in [2.05, 4.69) is 50.8 Å². The molecule has 0 aliphatic carbocycles. The molecule has 4 aromatic rings. The number of fused-ring (bicyclic) bond motifs is 1. The largest absolute Gasteiger partial charge is 0.478 e. The van der Waals surface area contributed by atoms with E-state index in [1.807, 2.05) is 12.1 Å². The van der Waals surface area contributed by atoms with Gasteiger partial charge in [0.2, 0.25) is 5.91 Å². The maximum absolute atomic E-state index is 15.2. The Morgan fingerprint density at radius 1 is 1.06 bits per heavy atom. The zero-order valence-corrected chi connectivity index (χ0v) is 26.4. The first-order chi connectivity index (χ1) is 22.6. The molecule has 2 atom stereocenters. The number of carbonyl (C=O) groups excluding carboxylic acids is 2. The Balaban J connectivity index is 1.35. The zero-order chi connectivity index (χ0) is 33.2. The highest BCUT2D eigenvalue weighted by Crippen LogP contribution is 2.38. The van der Waals surface area contributed by atoms with Crippen molar-refractivity contribution in [3.05, 3.63) is 100 Å². The van der Waals surface area contributed by atoms with Crippen molar-refractivity contribution in [3.63, 3.8) is 0 Å². The second-order valence-corrected chi connectivity index (χ2v) is 12.0. The second kappa shape index (κ2) is 13.3. The van der Waals surface area contributed by atoms with Crippen LogP contribution in [0, 0.1) is 5.82 Å². The molecule has 0 saturated carbocycles. The molecule has 2 aliphatic rings. The quantitative estimate of drug-likeness (QED) is 0.269. The Kier molecular flexibility index (Phi) is 9.01. The molecule has 12 nitrogen and oxygen atoms in total. The van der Waals surface area contributed by atoms with Gasteiger partial charge in [-0.2, -0.15) is 4.68 Å². The number of tetrazole rings is 1. The molecule has 47 heavy (non-hydrogen) atoms. The van der Waals surface area contributed by atoms with Crippen LogP contribution in [-0.4, -0.2) is 92.7 Å². The molecule has 2 N–H and O–H groups in total. The van der Waals surface area contributed by atoms with Crippen molar-refractivity contribution in [2.45, 2.75) is 24.9 Å². The van der Waals surface area contributed by atoms with Gasteiger partial charge in [0.05, 0.1) is 16.3 Å². The van der Waals surface area contributed by atoms with E-state index in [9.17, 15) is 19.5 Å². The van der Waals surface area contributed by atoms with E-state index < -0.39 is 29.6 Å². The van der Waals surface area contributed by atoms with Crippen molar-refractivity contribution >= 4 is 46.8 Å². The number of aromatic carboxylic acids is 1. The number of rotatable bonds is 8. The number of halogens is 2. The lowest BCUT2D eigenvalue weighted by atomic mass is 9.90. The second-order valence-electron chi connectivity index (χ2n) is 11.6. The highest BCUT2D eigenvalue weighted by atomic mass is 35.5. The fraction of sp³-hybridized carbons (Fsp3) is 0.273. The van der Waals surface area contributed by atoms with Crippen LogP contribution in [0.25, 0.3) is 11.8 Å². The summed E-state index contributed by atoms with van der Waals surface area (Å²) >= 11 is 6.07. The number of benzene rings is 3. The molecule has 3 aromatic carbocycles. The first kappa shape index (κ1) is 31.8. The molecular weight excluding hydrogens is 627 g/mol. The van der Waals surface area contributed by atoms with Crippen molar-refractivity contribution in [1.82, 2.24) is 30.0 Å². The third-order valence-corrected chi connectivity index (χ3v) is 8.95. The molecule has 242 valence electrons. The minimum absolute atomic E-state index is 0.00171. The molecule has 0 spiro atoms. The number of hydrogen-bond donors (Lipinski definition) is 2. The van der Waals surface area contributed by atoms with E-state index in [4.69, 9.17) is 11.6 Å². The number of nitrogens with one attached hydrogen (secondary N) is 1.